The summed E-state index contributed by atoms with van der Waals surface area (Å²) in [5, 5.41) is 13.4. The summed E-state index contributed by atoms with van der Waals surface area (Å²) >= 11 is 0. The van der Waals surface area contributed by atoms with Crippen LogP contribution in [0.15, 0.2) is 59.4 Å². The molecule has 1 aliphatic heterocycles. The lowest BCUT2D eigenvalue weighted by molar-refractivity contribution is 0.279. The fourth-order valence-electron chi connectivity index (χ4n) is 3.43. The second-order valence-electron chi connectivity index (χ2n) is 6.98. The van der Waals surface area contributed by atoms with Gasteiger partial charge in [0.2, 0.25) is 0 Å². The van der Waals surface area contributed by atoms with Crippen molar-refractivity contribution in [1.29, 1.82) is 0 Å². The molecule has 1 fully saturated rings. The molecule has 2 aromatic carbocycles. The van der Waals surface area contributed by atoms with Crippen molar-refractivity contribution in [1.82, 2.24) is 20.0 Å². The average molecular weight is 377 g/mol. The van der Waals surface area contributed by atoms with Gasteiger partial charge in [-0.3, -0.25) is 19.6 Å². The lowest BCUT2D eigenvalue weighted by Gasteiger charge is -2.15. The zero-order chi connectivity index (χ0) is 19.7. The van der Waals surface area contributed by atoms with Crippen LogP contribution in [0, 0.1) is 0 Å². The van der Waals surface area contributed by atoms with E-state index in [-0.39, 0.29) is 11.6 Å². The third-order valence-electron chi connectivity index (χ3n) is 4.90. The summed E-state index contributed by atoms with van der Waals surface area (Å²) in [5.74, 6) is 0.554. The van der Waals surface area contributed by atoms with E-state index in [1.807, 2.05) is 43.5 Å². The molecule has 0 radical (unpaired) electrons. The number of rotatable bonds is 4. The van der Waals surface area contributed by atoms with Crippen molar-refractivity contribution in [2.24, 2.45) is 0 Å². The molecule has 7 heteroatoms. The fourth-order valence-corrected chi connectivity index (χ4v) is 3.43. The number of aromatic nitrogens is 2. The average Bonchev–Trinajstić information content (AvgIpc) is 3.12. The van der Waals surface area contributed by atoms with E-state index < -0.39 is 0 Å². The van der Waals surface area contributed by atoms with Crippen LogP contribution < -0.4 is 16.0 Å². The molecule has 1 aromatic heterocycles. The molecule has 1 unspecified atom stereocenters. The van der Waals surface area contributed by atoms with Crippen molar-refractivity contribution in [3.8, 4) is 5.69 Å². The number of hydrogen-bond acceptors (Lipinski definition) is 6. The molecule has 4 rings (SSSR count). The Bertz CT molecular complexity index is 1090. The molecule has 2 heterocycles. The number of hydrazine groups is 1. The maximum atomic E-state index is 13.3. The van der Waals surface area contributed by atoms with Crippen LogP contribution in [0.1, 0.15) is 12.2 Å². The van der Waals surface area contributed by atoms with Crippen molar-refractivity contribution in [2.75, 3.05) is 25.7 Å². The highest BCUT2D eigenvalue weighted by Crippen LogP contribution is 2.19. The number of benzene rings is 2. The highest BCUT2D eigenvalue weighted by atomic mass is 16.5. The number of hydroxylamine groups is 1. The topological polar surface area (TPSA) is 73.6 Å². The summed E-state index contributed by atoms with van der Waals surface area (Å²) in [6, 6.07) is 14.7. The van der Waals surface area contributed by atoms with Crippen LogP contribution >= 0.6 is 0 Å². The summed E-state index contributed by atoms with van der Waals surface area (Å²) in [6.07, 6.45) is 4.92. The Kier molecular flexibility index (Phi) is 4.95. The van der Waals surface area contributed by atoms with E-state index in [9.17, 15) is 10.0 Å². The minimum absolute atomic E-state index is 0.139. The predicted octanol–water partition coefficient (Wildman–Crippen LogP) is 2.43. The second kappa shape index (κ2) is 7.55. The van der Waals surface area contributed by atoms with E-state index in [2.05, 4.69) is 10.4 Å². The Balaban J connectivity index is 1.87. The maximum Gasteiger partial charge on any atom is 0.266 e. The van der Waals surface area contributed by atoms with E-state index in [0.717, 1.165) is 18.0 Å². The maximum absolute atomic E-state index is 13.3. The van der Waals surface area contributed by atoms with Crippen LogP contribution in [0.3, 0.4) is 0 Å². The molecule has 0 aliphatic carbocycles. The van der Waals surface area contributed by atoms with Gasteiger partial charge in [-0.05, 0) is 42.8 Å². The third kappa shape index (κ3) is 3.55. The molecule has 144 valence electrons. The normalized spacial score (nSPS) is 17.6. The van der Waals surface area contributed by atoms with Gasteiger partial charge in [0.25, 0.3) is 5.56 Å². The number of para-hydroxylation sites is 1. The monoisotopic (exact) mass is 377 g/mol. The third-order valence-corrected chi connectivity index (χ3v) is 4.90. The van der Waals surface area contributed by atoms with Gasteiger partial charge >= 0.3 is 0 Å². The quantitative estimate of drug-likeness (QED) is 0.681. The van der Waals surface area contributed by atoms with Crippen LogP contribution in [0.2, 0.25) is 0 Å². The molecule has 7 nitrogen and oxygen atoms in total. The second-order valence-corrected chi connectivity index (χ2v) is 6.98. The van der Waals surface area contributed by atoms with Gasteiger partial charge < -0.3 is 0 Å². The fraction of sp³-hybridized carbons (Fsp3) is 0.238. The molecule has 0 spiro atoms. The van der Waals surface area contributed by atoms with Crippen molar-refractivity contribution in [2.45, 2.75) is 12.5 Å². The van der Waals surface area contributed by atoms with E-state index in [0.29, 0.717) is 28.1 Å². The standard InChI is InChI=1S/C21H23N5O2/c1-24-13-12-15(23-24)10-11-20-22-19-9-4-3-8-18(19)21(27)26(20)17-7-5-6-16(14-17)25(2)28/h3-11,14-15,23,28H,12-13H2,1-2H3/b11-10-. The van der Waals surface area contributed by atoms with Crippen molar-refractivity contribution in [3.63, 3.8) is 0 Å². The first-order valence-corrected chi connectivity index (χ1v) is 9.23. The molecule has 3 aromatic rings. The number of anilines is 1. The van der Waals surface area contributed by atoms with Crippen LogP contribution in [0.5, 0.6) is 0 Å². The summed E-state index contributed by atoms with van der Waals surface area (Å²) in [7, 11) is 3.55. The summed E-state index contributed by atoms with van der Waals surface area (Å²) in [5.41, 5.74) is 5.11. The van der Waals surface area contributed by atoms with Crippen molar-refractivity contribution in [3.05, 3.63) is 70.8 Å². The highest BCUT2D eigenvalue weighted by molar-refractivity contribution is 5.79. The van der Waals surface area contributed by atoms with Gasteiger partial charge in [0.05, 0.1) is 22.3 Å². The number of nitrogens with one attached hydrogen (secondary N) is 1. The predicted molar refractivity (Wildman–Crippen MR) is 111 cm³/mol. The van der Waals surface area contributed by atoms with Crippen LogP contribution in [-0.4, -0.2) is 46.4 Å². The van der Waals surface area contributed by atoms with Gasteiger partial charge in [0.15, 0.2) is 0 Å². The molecule has 1 saturated heterocycles. The van der Waals surface area contributed by atoms with E-state index in [1.165, 1.54) is 0 Å². The largest absolute Gasteiger partial charge is 0.289 e. The molecular formula is C21H23N5O2. The Morgan fingerprint density at radius 2 is 2.07 bits per heavy atom. The number of fused-ring (bicyclic) bond motifs is 1. The molecule has 0 amide bonds. The Morgan fingerprint density at radius 3 is 2.82 bits per heavy atom. The molecule has 0 saturated carbocycles. The zero-order valence-electron chi connectivity index (χ0n) is 15.9. The van der Waals surface area contributed by atoms with E-state index in [4.69, 9.17) is 4.98 Å². The Morgan fingerprint density at radius 1 is 1.25 bits per heavy atom. The highest BCUT2D eigenvalue weighted by Gasteiger charge is 2.17. The molecule has 1 aliphatic rings. The Hall–Kier alpha value is -3.00. The van der Waals surface area contributed by atoms with E-state index in [1.54, 1.807) is 35.9 Å². The van der Waals surface area contributed by atoms with E-state index >= 15 is 0 Å². The number of hydrogen-bond donors (Lipinski definition) is 2. The summed E-state index contributed by atoms with van der Waals surface area (Å²) in [6.45, 7) is 0.970. The Labute approximate surface area is 163 Å². The van der Waals surface area contributed by atoms with Crippen molar-refractivity contribution >= 4 is 22.7 Å². The minimum atomic E-state index is -0.139. The first-order valence-electron chi connectivity index (χ1n) is 9.23. The van der Waals surface area contributed by atoms with Gasteiger partial charge in [0.1, 0.15) is 5.82 Å². The first-order chi connectivity index (χ1) is 13.5. The molecular weight excluding hydrogens is 354 g/mol. The minimum Gasteiger partial charge on any atom is -0.289 e. The van der Waals surface area contributed by atoms with Gasteiger partial charge in [-0.25, -0.2) is 15.4 Å². The summed E-state index contributed by atoms with van der Waals surface area (Å²) < 4.78 is 1.59. The number of nitrogens with zero attached hydrogens (tertiary/aromatic N) is 4. The van der Waals surface area contributed by atoms with Crippen LogP contribution in [0.25, 0.3) is 22.7 Å². The zero-order valence-corrected chi connectivity index (χ0v) is 15.9. The first kappa shape index (κ1) is 18.4. The lowest BCUT2D eigenvalue weighted by Crippen LogP contribution is -2.31. The smallest absolute Gasteiger partial charge is 0.266 e. The van der Waals surface area contributed by atoms with Gasteiger partial charge in [-0.2, -0.15) is 0 Å². The van der Waals surface area contributed by atoms with Gasteiger partial charge in [-0.1, -0.05) is 24.3 Å². The van der Waals surface area contributed by atoms with Crippen LogP contribution in [0.4, 0.5) is 5.69 Å². The molecule has 28 heavy (non-hydrogen) atoms. The van der Waals surface area contributed by atoms with Gasteiger partial charge in [-0.15, -0.1) is 0 Å². The molecule has 1 atom stereocenters. The summed E-state index contributed by atoms with van der Waals surface area (Å²) in [4.78, 5) is 18.0. The van der Waals surface area contributed by atoms with Crippen molar-refractivity contribution < 1.29 is 5.21 Å². The molecule has 0 bridgehead atoms. The van der Waals surface area contributed by atoms with Crippen LogP contribution in [-0.2, 0) is 0 Å². The SMILES string of the molecule is CN1CCC(/C=C\c2nc3ccccc3c(=O)n2-c2cccc(N(C)O)c2)N1. The van der Waals surface area contributed by atoms with Gasteiger partial charge in [0, 0.05) is 26.7 Å². The molecule has 2 N–H and O–H groups in total. The lowest BCUT2D eigenvalue weighted by atomic mass is 10.2.